The summed E-state index contributed by atoms with van der Waals surface area (Å²) in [5.41, 5.74) is 0. The summed E-state index contributed by atoms with van der Waals surface area (Å²) >= 11 is 1.81. The van der Waals surface area contributed by atoms with Gasteiger partial charge >= 0.3 is 0 Å². The Morgan fingerprint density at radius 3 is 2.83 bits per heavy atom. The highest BCUT2D eigenvalue weighted by atomic mass is 32.1. The zero-order valence-corrected chi connectivity index (χ0v) is 3.96. The van der Waals surface area contributed by atoms with Crippen LogP contribution in [0.5, 0.6) is 0 Å². The average molecular weight is 97.1 g/mol. The molecule has 0 fully saturated rings. The Morgan fingerprint density at radius 2 is 2.67 bits per heavy atom. The van der Waals surface area contributed by atoms with Gasteiger partial charge in [-0.25, -0.2) is 4.98 Å². The van der Waals surface area contributed by atoms with Crippen LogP contribution >= 0.6 is 11.3 Å². The molecule has 1 aromatic heterocycles. The van der Waals surface area contributed by atoms with Gasteiger partial charge in [-0.15, -0.1) is 11.3 Å². The number of hydrogen-bond acceptors (Lipinski definition) is 2. The second kappa shape index (κ2) is 0.658. The van der Waals surface area contributed by atoms with Crippen molar-refractivity contribution in [2.45, 2.75) is 6.42 Å². The third-order valence-electron chi connectivity index (χ3n) is 0.927. The van der Waals surface area contributed by atoms with Gasteiger partial charge in [0.2, 0.25) is 0 Å². The normalized spacial score (nSPS) is 14.0. The van der Waals surface area contributed by atoms with Crippen LogP contribution in [0.3, 0.4) is 0 Å². The lowest BCUT2D eigenvalue weighted by atomic mass is 10.4. The van der Waals surface area contributed by atoms with E-state index in [1.165, 1.54) is 9.88 Å². The minimum Gasteiger partial charge on any atom is -0.249 e. The van der Waals surface area contributed by atoms with Gasteiger partial charge in [-0.3, -0.25) is 0 Å². The fourth-order valence-corrected chi connectivity index (χ4v) is 1.28. The van der Waals surface area contributed by atoms with Crippen molar-refractivity contribution in [3.05, 3.63) is 16.1 Å². The summed E-state index contributed by atoms with van der Waals surface area (Å²) in [7, 11) is 0. The Labute approximate surface area is 39.7 Å². The smallest absolute Gasteiger partial charge is 0.0980 e. The second-order valence-electron chi connectivity index (χ2n) is 1.40. The minimum atomic E-state index is 1.16. The summed E-state index contributed by atoms with van der Waals surface area (Å²) in [6.45, 7) is 0. The average Bonchev–Trinajstić information content (AvgIpc) is 1.72. The van der Waals surface area contributed by atoms with Gasteiger partial charge in [-0.1, -0.05) is 0 Å². The SMILES string of the molecule is c1nc2sc1C2. The molecule has 0 radical (unpaired) electrons. The summed E-state index contributed by atoms with van der Waals surface area (Å²) in [6, 6.07) is 0. The summed E-state index contributed by atoms with van der Waals surface area (Å²) in [5.74, 6) is 0. The van der Waals surface area contributed by atoms with E-state index in [1.807, 2.05) is 6.20 Å². The van der Waals surface area contributed by atoms with E-state index in [2.05, 4.69) is 4.98 Å². The van der Waals surface area contributed by atoms with Crippen molar-refractivity contribution in [1.82, 2.24) is 4.98 Å². The van der Waals surface area contributed by atoms with Crippen molar-refractivity contribution in [2.24, 2.45) is 0 Å². The second-order valence-corrected chi connectivity index (χ2v) is 2.60. The number of rotatable bonds is 0. The monoisotopic (exact) mass is 97.0 g/mol. The molecule has 2 aliphatic heterocycles. The first-order valence-corrected chi connectivity index (χ1v) is 2.70. The number of aromatic nitrogens is 1. The van der Waals surface area contributed by atoms with Gasteiger partial charge in [0.15, 0.2) is 0 Å². The van der Waals surface area contributed by atoms with Crippen LogP contribution in [0.1, 0.15) is 9.88 Å². The molecular formula is C4H3NS. The maximum absolute atomic E-state index is 4.03. The van der Waals surface area contributed by atoms with Crippen LogP contribution in [0.4, 0.5) is 0 Å². The van der Waals surface area contributed by atoms with Crippen LogP contribution in [0.2, 0.25) is 0 Å². The Bertz CT molecular complexity index is 144. The van der Waals surface area contributed by atoms with Gasteiger partial charge in [0.05, 0.1) is 5.01 Å². The molecule has 2 heteroatoms. The molecule has 0 N–H and O–H groups in total. The van der Waals surface area contributed by atoms with E-state index in [-0.39, 0.29) is 0 Å². The molecule has 0 saturated heterocycles. The highest BCUT2D eigenvalue weighted by Crippen LogP contribution is 2.26. The standard InChI is InChI=1S/C4H3NS/c1-3-2-5-4(1)6-3/h2H,1H2. The van der Waals surface area contributed by atoms with Crippen LogP contribution in [-0.2, 0) is 6.42 Å². The molecule has 2 aliphatic rings. The molecule has 0 aliphatic carbocycles. The predicted octanol–water partition coefficient (Wildman–Crippen LogP) is 1.05. The molecule has 0 unspecified atom stereocenters. The van der Waals surface area contributed by atoms with E-state index < -0.39 is 0 Å². The molecule has 1 nitrogen and oxygen atoms in total. The highest BCUT2D eigenvalue weighted by Gasteiger charge is 2.11. The van der Waals surface area contributed by atoms with Gasteiger partial charge in [-0.2, -0.15) is 0 Å². The predicted molar refractivity (Wildman–Crippen MR) is 24.9 cm³/mol. The van der Waals surface area contributed by atoms with Crippen molar-refractivity contribution >= 4 is 11.3 Å². The number of thiazole rings is 1. The van der Waals surface area contributed by atoms with Gasteiger partial charge in [0.25, 0.3) is 0 Å². The van der Waals surface area contributed by atoms with Crippen LogP contribution in [0, 0.1) is 0 Å². The largest absolute Gasteiger partial charge is 0.249 e. The summed E-state index contributed by atoms with van der Waals surface area (Å²) in [4.78, 5) is 5.46. The number of nitrogens with zero attached hydrogens (tertiary/aromatic N) is 1. The van der Waals surface area contributed by atoms with Gasteiger partial charge in [0.1, 0.15) is 0 Å². The van der Waals surface area contributed by atoms with Crippen molar-refractivity contribution in [3.8, 4) is 0 Å². The van der Waals surface area contributed by atoms with E-state index in [0.717, 1.165) is 6.42 Å². The van der Waals surface area contributed by atoms with Gasteiger partial charge < -0.3 is 0 Å². The Balaban J connectivity index is 2.95. The Hall–Kier alpha value is -0.370. The van der Waals surface area contributed by atoms with Gasteiger partial charge in [-0.05, 0) is 0 Å². The molecule has 0 atom stereocenters. The van der Waals surface area contributed by atoms with Crippen molar-refractivity contribution < 1.29 is 0 Å². The fraction of sp³-hybridized carbons (Fsp3) is 0.250. The van der Waals surface area contributed by atoms with E-state index in [9.17, 15) is 0 Å². The first-order valence-electron chi connectivity index (χ1n) is 1.89. The lowest BCUT2D eigenvalue weighted by Gasteiger charge is -1.94. The van der Waals surface area contributed by atoms with Crippen LogP contribution in [-0.4, -0.2) is 4.98 Å². The zero-order valence-electron chi connectivity index (χ0n) is 3.14. The topological polar surface area (TPSA) is 12.9 Å². The lowest BCUT2D eigenvalue weighted by Crippen LogP contribution is -1.82. The summed E-state index contributed by atoms with van der Waals surface area (Å²) in [6.07, 6.45) is 3.10. The maximum atomic E-state index is 4.03. The highest BCUT2D eigenvalue weighted by molar-refractivity contribution is 7.14. The molecule has 3 rings (SSSR count). The third-order valence-corrected chi connectivity index (χ3v) is 1.92. The van der Waals surface area contributed by atoms with Crippen molar-refractivity contribution in [3.63, 3.8) is 0 Å². The molecular weight excluding hydrogens is 94.1 g/mol. The van der Waals surface area contributed by atoms with Gasteiger partial charge in [0, 0.05) is 17.5 Å². The molecule has 30 valence electrons. The summed E-state index contributed by atoms with van der Waals surface area (Å²) < 4.78 is 0. The number of hydrogen-bond donors (Lipinski definition) is 0. The first-order chi connectivity index (χ1) is 2.95. The van der Waals surface area contributed by atoms with Crippen LogP contribution in [0.15, 0.2) is 6.20 Å². The van der Waals surface area contributed by atoms with Crippen LogP contribution < -0.4 is 0 Å². The Kier molecular flexibility index (Phi) is 0.301. The van der Waals surface area contributed by atoms with Crippen molar-refractivity contribution in [2.75, 3.05) is 0 Å². The van der Waals surface area contributed by atoms with E-state index in [1.54, 1.807) is 11.3 Å². The molecule has 2 bridgehead atoms. The van der Waals surface area contributed by atoms with Crippen molar-refractivity contribution in [1.29, 1.82) is 0 Å². The minimum absolute atomic E-state index is 1.16. The first kappa shape index (κ1) is 2.75. The molecule has 3 heterocycles. The van der Waals surface area contributed by atoms with E-state index in [4.69, 9.17) is 0 Å². The lowest BCUT2D eigenvalue weighted by molar-refractivity contribution is 1.24. The molecule has 6 heavy (non-hydrogen) atoms. The van der Waals surface area contributed by atoms with E-state index in [0.29, 0.717) is 0 Å². The quantitative estimate of drug-likeness (QED) is 0.478. The van der Waals surface area contributed by atoms with E-state index >= 15 is 0 Å². The molecule has 0 saturated carbocycles. The number of fused-ring (bicyclic) bond motifs is 1. The molecule has 0 spiro atoms. The molecule has 1 aromatic rings. The zero-order chi connectivity index (χ0) is 3.98. The maximum Gasteiger partial charge on any atom is 0.0980 e. The summed E-state index contributed by atoms with van der Waals surface area (Å²) in [5, 5.41) is 1.30. The van der Waals surface area contributed by atoms with Crippen LogP contribution in [0.25, 0.3) is 0 Å². The Morgan fingerprint density at radius 1 is 1.83 bits per heavy atom. The fourth-order valence-electron chi connectivity index (χ4n) is 0.580. The molecule has 0 aromatic carbocycles. The molecule has 0 amide bonds. The third kappa shape index (κ3) is 0.157.